The van der Waals surface area contributed by atoms with E-state index >= 15 is 0 Å². The first kappa shape index (κ1) is 17.3. The molecule has 3 N–H and O–H groups in total. The molecule has 0 amide bonds. The minimum Gasteiger partial charge on any atom is -0.506 e. The van der Waals surface area contributed by atoms with E-state index in [1.54, 1.807) is 24.3 Å². The lowest BCUT2D eigenvalue weighted by Gasteiger charge is -2.11. The van der Waals surface area contributed by atoms with Crippen LogP contribution in [0.4, 0.5) is 0 Å². The van der Waals surface area contributed by atoms with Crippen LogP contribution in [-0.4, -0.2) is 15.2 Å². The van der Waals surface area contributed by atoms with Crippen molar-refractivity contribution in [3.05, 3.63) is 87.7 Å². The Morgan fingerprint density at radius 2 is 1.63 bits per heavy atom. The molecule has 0 aliphatic carbocycles. The van der Waals surface area contributed by atoms with Gasteiger partial charge in [-0.2, -0.15) is 0 Å². The van der Waals surface area contributed by atoms with Crippen molar-refractivity contribution in [3.8, 4) is 28.0 Å². The van der Waals surface area contributed by atoms with Crippen molar-refractivity contribution in [2.24, 2.45) is 0 Å². The van der Waals surface area contributed by atoms with Crippen LogP contribution in [0, 0.1) is 0 Å². The maximum atomic E-state index is 12.5. The summed E-state index contributed by atoms with van der Waals surface area (Å²) in [4.78, 5) is 15.3. The Bertz CT molecular complexity index is 1180. The fourth-order valence-corrected chi connectivity index (χ4v) is 3.46. The molecule has 0 fully saturated rings. The summed E-state index contributed by atoms with van der Waals surface area (Å²) in [6.45, 7) is -0.0335. The second-order valence-corrected chi connectivity index (χ2v) is 6.68. The summed E-state index contributed by atoms with van der Waals surface area (Å²) < 4.78 is 0. The maximum absolute atomic E-state index is 12.5. The van der Waals surface area contributed by atoms with Crippen LogP contribution >= 0.6 is 11.6 Å². The smallest absolute Gasteiger partial charge is 0.260 e. The van der Waals surface area contributed by atoms with Crippen molar-refractivity contribution in [1.82, 2.24) is 4.98 Å². The van der Waals surface area contributed by atoms with E-state index in [1.165, 1.54) is 0 Å². The van der Waals surface area contributed by atoms with Crippen LogP contribution in [0.25, 0.3) is 33.2 Å². The fraction of sp³-hybridized carbons (Fsp3) is 0.0455. The molecule has 0 unspecified atom stereocenters. The molecule has 4 aromatic rings. The molecule has 1 aromatic heterocycles. The molecule has 1 heterocycles. The van der Waals surface area contributed by atoms with Crippen LogP contribution in [0.1, 0.15) is 5.56 Å². The lowest BCUT2D eigenvalue weighted by molar-refractivity contribution is 0.282. The summed E-state index contributed by atoms with van der Waals surface area (Å²) in [6, 6.07) is 19.8. The van der Waals surface area contributed by atoms with E-state index in [0.717, 1.165) is 16.7 Å². The summed E-state index contributed by atoms with van der Waals surface area (Å²) in [5.41, 5.74) is 3.35. The molecular weight excluding hydrogens is 362 g/mol. The van der Waals surface area contributed by atoms with Crippen molar-refractivity contribution in [2.75, 3.05) is 0 Å². The maximum Gasteiger partial charge on any atom is 0.260 e. The third kappa shape index (κ3) is 3.10. The van der Waals surface area contributed by atoms with Gasteiger partial charge < -0.3 is 15.2 Å². The van der Waals surface area contributed by atoms with E-state index in [9.17, 15) is 15.0 Å². The van der Waals surface area contributed by atoms with Crippen molar-refractivity contribution < 1.29 is 10.2 Å². The minimum atomic E-state index is -0.373. The zero-order valence-corrected chi connectivity index (χ0v) is 15.0. The highest BCUT2D eigenvalue weighted by Gasteiger charge is 2.16. The Balaban J connectivity index is 1.96. The second kappa shape index (κ2) is 6.91. The average molecular weight is 378 g/mol. The first-order valence-corrected chi connectivity index (χ1v) is 8.80. The van der Waals surface area contributed by atoms with E-state index in [0.29, 0.717) is 21.5 Å². The number of aliphatic hydroxyl groups is 1. The third-order valence-electron chi connectivity index (χ3n) is 4.58. The predicted molar refractivity (Wildman–Crippen MR) is 108 cm³/mol. The van der Waals surface area contributed by atoms with E-state index in [1.807, 2.05) is 42.5 Å². The highest BCUT2D eigenvalue weighted by Crippen LogP contribution is 2.37. The van der Waals surface area contributed by atoms with E-state index in [4.69, 9.17) is 11.6 Å². The van der Waals surface area contributed by atoms with Gasteiger partial charge in [0.2, 0.25) is 0 Å². The molecule has 0 radical (unpaired) electrons. The molecule has 0 aliphatic rings. The highest BCUT2D eigenvalue weighted by atomic mass is 35.5. The second-order valence-electron chi connectivity index (χ2n) is 6.28. The minimum absolute atomic E-state index is 0.0335. The molecule has 4 nitrogen and oxygen atoms in total. The van der Waals surface area contributed by atoms with Gasteiger partial charge in [0, 0.05) is 10.9 Å². The van der Waals surface area contributed by atoms with Gasteiger partial charge >= 0.3 is 0 Å². The summed E-state index contributed by atoms with van der Waals surface area (Å²) >= 11 is 6.42. The number of pyridine rings is 1. The number of aromatic amines is 1. The summed E-state index contributed by atoms with van der Waals surface area (Å²) in [5, 5.41) is 21.0. The van der Waals surface area contributed by atoms with Crippen LogP contribution in [0.15, 0.2) is 71.5 Å². The van der Waals surface area contributed by atoms with Crippen LogP contribution in [0.2, 0.25) is 5.02 Å². The predicted octanol–water partition coefficient (Wildman–Crippen LogP) is 4.71. The number of aliphatic hydroxyl groups excluding tert-OH is 1. The molecule has 5 heteroatoms. The van der Waals surface area contributed by atoms with Crippen LogP contribution in [-0.2, 0) is 6.61 Å². The topological polar surface area (TPSA) is 73.3 Å². The number of halogens is 1. The molecule has 0 bridgehead atoms. The highest BCUT2D eigenvalue weighted by molar-refractivity contribution is 6.34. The zero-order valence-electron chi connectivity index (χ0n) is 14.2. The molecule has 4 rings (SSSR count). The molecule has 0 saturated heterocycles. The standard InChI is InChI=1S/C22H16ClNO3/c23-18-11-19-17(10-16(18)14-8-6-13(12-25)7-9-14)21(26)20(22(27)24-19)15-4-2-1-3-5-15/h1-11,25H,12H2,(H2,24,26,27). The number of fused-ring (bicyclic) bond motifs is 1. The van der Waals surface area contributed by atoms with Crippen LogP contribution in [0.5, 0.6) is 5.75 Å². The van der Waals surface area contributed by atoms with Gasteiger partial charge in [-0.1, -0.05) is 66.2 Å². The molecule has 27 heavy (non-hydrogen) atoms. The molecule has 3 aromatic carbocycles. The van der Waals surface area contributed by atoms with Gasteiger partial charge in [0.05, 0.1) is 22.7 Å². The van der Waals surface area contributed by atoms with Gasteiger partial charge in [-0.3, -0.25) is 4.79 Å². The van der Waals surface area contributed by atoms with E-state index < -0.39 is 0 Å². The quantitative estimate of drug-likeness (QED) is 0.484. The van der Waals surface area contributed by atoms with Crippen LogP contribution in [0.3, 0.4) is 0 Å². The monoisotopic (exact) mass is 377 g/mol. The van der Waals surface area contributed by atoms with Gasteiger partial charge in [-0.15, -0.1) is 0 Å². The lowest BCUT2D eigenvalue weighted by Crippen LogP contribution is -2.09. The number of aromatic nitrogens is 1. The normalized spacial score (nSPS) is 11.0. The molecule has 134 valence electrons. The zero-order chi connectivity index (χ0) is 19.0. The van der Waals surface area contributed by atoms with Crippen molar-refractivity contribution in [3.63, 3.8) is 0 Å². The summed E-state index contributed by atoms with van der Waals surface area (Å²) in [6.07, 6.45) is 0. The molecule has 0 spiro atoms. The third-order valence-corrected chi connectivity index (χ3v) is 4.90. The Morgan fingerprint density at radius 1 is 0.926 bits per heavy atom. The Morgan fingerprint density at radius 3 is 2.30 bits per heavy atom. The van der Waals surface area contributed by atoms with Crippen molar-refractivity contribution in [2.45, 2.75) is 6.61 Å². The first-order valence-electron chi connectivity index (χ1n) is 8.42. The molecule has 0 saturated carbocycles. The Hall–Kier alpha value is -3.08. The number of rotatable bonds is 3. The number of H-pyrrole nitrogens is 1. The van der Waals surface area contributed by atoms with Crippen molar-refractivity contribution >= 4 is 22.5 Å². The average Bonchev–Trinajstić information content (AvgIpc) is 2.68. The largest absolute Gasteiger partial charge is 0.506 e. The van der Waals surface area contributed by atoms with E-state index in [-0.39, 0.29) is 23.5 Å². The molecular formula is C22H16ClNO3. The first-order chi connectivity index (χ1) is 13.1. The number of nitrogens with one attached hydrogen (secondary N) is 1. The molecule has 0 aliphatic heterocycles. The van der Waals surface area contributed by atoms with Gasteiger partial charge in [0.25, 0.3) is 5.56 Å². The number of hydrogen-bond acceptors (Lipinski definition) is 3. The van der Waals surface area contributed by atoms with Gasteiger partial charge in [0.1, 0.15) is 5.75 Å². The van der Waals surface area contributed by atoms with Gasteiger partial charge in [0.15, 0.2) is 0 Å². The Kier molecular flexibility index (Phi) is 4.44. The molecule has 0 atom stereocenters. The number of benzene rings is 3. The fourth-order valence-electron chi connectivity index (χ4n) is 3.18. The number of aromatic hydroxyl groups is 1. The van der Waals surface area contributed by atoms with Crippen LogP contribution < -0.4 is 5.56 Å². The SMILES string of the molecule is O=c1[nH]c2cc(Cl)c(-c3ccc(CO)cc3)cc2c(O)c1-c1ccccc1. The Labute approximate surface area is 160 Å². The summed E-state index contributed by atoms with van der Waals surface area (Å²) in [7, 11) is 0. The van der Waals surface area contributed by atoms with E-state index in [2.05, 4.69) is 4.98 Å². The summed E-state index contributed by atoms with van der Waals surface area (Å²) in [5.74, 6) is -0.0788. The van der Waals surface area contributed by atoms with Crippen molar-refractivity contribution in [1.29, 1.82) is 0 Å². The lowest BCUT2D eigenvalue weighted by atomic mass is 9.99. The van der Waals surface area contributed by atoms with Gasteiger partial charge in [-0.05, 0) is 28.8 Å². The number of hydrogen-bond donors (Lipinski definition) is 3. The van der Waals surface area contributed by atoms with Gasteiger partial charge in [-0.25, -0.2) is 0 Å².